The van der Waals surface area contributed by atoms with Gasteiger partial charge in [-0.05, 0) is 18.8 Å². The molecule has 17 heavy (non-hydrogen) atoms. The van der Waals surface area contributed by atoms with Gasteiger partial charge in [0.2, 0.25) is 5.95 Å². The molecule has 5 heteroatoms. The number of rotatable bonds is 3. The van der Waals surface area contributed by atoms with Crippen LogP contribution in [0.5, 0.6) is 0 Å². The van der Waals surface area contributed by atoms with Crippen molar-refractivity contribution in [3.8, 4) is 0 Å². The van der Waals surface area contributed by atoms with Crippen molar-refractivity contribution >= 4 is 5.95 Å². The average molecular weight is 236 g/mol. The maximum absolute atomic E-state index is 5.75. The van der Waals surface area contributed by atoms with Gasteiger partial charge in [0.05, 0.1) is 0 Å². The van der Waals surface area contributed by atoms with Crippen LogP contribution in [0.1, 0.15) is 51.4 Å². The van der Waals surface area contributed by atoms with Gasteiger partial charge < -0.3 is 10.5 Å². The molecule has 1 aliphatic carbocycles. The molecule has 1 aromatic heterocycles. The first kappa shape index (κ1) is 12.2. The SMILES string of the molecule is COC(c1nc(N)nc(C(C)(C)C)n1)C1CC1. The van der Waals surface area contributed by atoms with Gasteiger partial charge in [-0.15, -0.1) is 0 Å². The maximum atomic E-state index is 5.75. The highest BCUT2D eigenvalue weighted by Crippen LogP contribution is 2.42. The van der Waals surface area contributed by atoms with Crippen molar-refractivity contribution < 1.29 is 4.74 Å². The largest absolute Gasteiger partial charge is 0.373 e. The maximum Gasteiger partial charge on any atom is 0.223 e. The normalized spacial score (nSPS) is 18.1. The van der Waals surface area contributed by atoms with Crippen LogP contribution >= 0.6 is 0 Å². The minimum atomic E-state index is -0.131. The molecule has 0 spiro atoms. The van der Waals surface area contributed by atoms with Crippen LogP contribution in [-0.2, 0) is 10.2 Å². The van der Waals surface area contributed by atoms with E-state index in [2.05, 4.69) is 35.7 Å². The zero-order chi connectivity index (χ0) is 12.6. The highest BCUT2D eigenvalue weighted by atomic mass is 16.5. The van der Waals surface area contributed by atoms with Gasteiger partial charge in [-0.25, -0.2) is 4.98 Å². The van der Waals surface area contributed by atoms with Gasteiger partial charge in [0.15, 0.2) is 5.82 Å². The molecular weight excluding hydrogens is 216 g/mol. The predicted octanol–water partition coefficient (Wildman–Crippen LogP) is 1.85. The van der Waals surface area contributed by atoms with Crippen LogP contribution in [-0.4, -0.2) is 22.1 Å². The zero-order valence-electron chi connectivity index (χ0n) is 10.9. The van der Waals surface area contributed by atoms with Crippen molar-refractivity contribution in [1.29, 1.82) is 0 Å². The Morgan fingerprint density at radius 3 is 2.35 bits per heavy atom. The molecule has 1 saturated carbocycles. The second-order valence-electron chi connectivity index (χ2n) is 5.62. The van der Waals surface area contributed by atoms with E-state index in [0.29, 0.717) is 11.7 Å². The number of hydrogen-bond donors (Lipinski definition) is 1. The average Bonchev–Trinajstić information content (AvgIpc) is 3.01. The van der Waals surface area contributed by atoms with E-state index >= 15 is 0 Å². The van der Waals surface area contributed by atoms with Gasteiger partial charge in [-0.3, -0.25) is 0 Å². The number of methoxy groups -OCH3 is 1. The molecule has 0 radical (unpaired) electrons. The van der Waals surface area contributed by atoms with E-state index in [1.807, 2.05) is 0 Å². The summed E-state index contributed by atoms with van der Waals surface area (Å²) in [5.41, 5.74) is 5.62. The Bertz CT molecular complexity index is 409. The summed E-state index contributed by atoms with van der Waals surface area (Å²) in [7, 11) is 1.69. The summed E-state index contributed by atoms with van der Waals surface area (Å²) in [6, 6.07) is 0. The fourth-order valence-corrected chi connectivity index (χ4v) is 1.78. The van der Waals surface area contributed by atoms with E-state index in [9.17, 15) is 0 Å². The molecule has 0 aromatic carbocycles. The summed E-state index contributed by atoms with van der Waals surface area (Å²) in [4.78, 5) is 12.9. The van der Waals surface area contributed by atoms with E-state index in [0.717, 1.165) is 5.82 Å². The topological polar surface area (TPSA) is 73.9 Å². The summed E-state index contributed by atoms with van der Waals surface area (Å²) < 4.78 is 5.47. The van der Waals surface area contributed by atoms with Crippen molar-refractivity contribution in [1.82, 2.24) is 15.0 Å². The van der Waals surface area contributed by atoms with Gasteiger partial charge in [0.1, 0.15) is 11.9 Å². The van der Waals surface area contributed by atoms with Gasteiger partial charge in [-0.1, -0.05) is 20.8 Å². The Hall–Kier alpha value is -1.23. The number of hydrogen-bond acceptors (Lipinski definition) is 5. The van der Waals surface area contributed by atoms with Crippen LogP contribution in [0.3, 0.4) is 0 Å². The van der Waals surface area contributed by atoms with Crippen molar-refractivity contribution in [2.45, 2.75) is 45.1 Å². The fourth-order valence-electron chi connectivity index (χ4n) is 1.78. The van der Waals surface area contributed by atoms with E-state index in [-0.39, 0.29) is 17.5 Å². The van der Waals surface area contributed by atoms with E-state index in [1.165, 1.54) is 12.8 Å². The number of anilines is 1. The first-order chi connectivity index (χ1) is 7.91. The molecule has 2 N–H and O–H groups in total. The summed E-state index contributed by atoms with van der Waals surface area (Å²) in [5.74, 6) is 2.22. The van der Waals surface area contributed by atoms with Crippen LogP contribution < -0.4 is 5.73 Å². The lowest BCUT2D eigenvalue weighted by Crippen LogP contribution is -2.21. The summed E-state index contributed by atoms with van der Waals surface area (Å²) in [6.45, 7) is 6.18. The number of nitrogens with zero attached hydrogens (tertiary/aromatic N) is 3. The highest BCUT2D eigenvalue weighted by Gasteiger charge is 2.35. The summed E-state index contributed by atoms with van der Waals surface area (Å²) in [6.07, 6.45) is 2.31. The standard InChI is InChI=1S/C12H20N4O/c1-12(2,3)10-14-9(15-11(13)16-10)8(17-4)7-5-6-7/h7-8H,5-6H2,1-4H3,(H2,13,14,15,16). The molecule has 5 nitrogen and oxygen atoms in total. The van der Waals surface area contributed by atoms with Gasteiger partial charge in [0, 0.05) is 12.5 Å². The first-order valence-electron chi connectivity index (χ1n) is 5.96. The van der Waals surface area contributed by atoms with Crippen LogP contribution in [0.15, 0.2) is 0 Å². The van der Waals surface area contributed by atoms with Crippen LogP contribution in [0.2, 0.25) is 0 Å². The molecule has 1 aliphatic rings. The minimum Gasteiger partial charge on any atom is -0.373 e. The third-order valence-corrected chi connectivity index (χ3v) is 2.90. The molecule has 94 valence electrons. The molecule has 2 rings (SSSR count). The van der Waals surface area contributed by atoms with Gasteiger partial charge >= 0.3 is 0 Å². The Morgan fingerprint density at radius 2 is 1.88 bits per heavy atom. The van der Waals surface area contributed by atoms with Crippen molar-refractivity contribution in [3.63, 3.8) is 0 Å². The van der Waals surface area contributed by atoms with E-state index < -0.39 is 0 Å². The zero-order valence-corrected chi connectivity index (χ0v) is 10.9. The smallest absolute Gasteiger partial charge is 0.223 e. The summed E-state index contributed by atoms with van der Waals surface area (Å²) >= 11 is 0. The third kappa shape index (κ3) is 2.72. The molecule has 1 unspecified atom stereocenters. The lowest BCUT2D eigenvalue weighted by atomic mass is 9.96. The van der Waals surface area contributed by atoms with Gasteiger partial charge in [0.25, 0.3) is 0 Å². The minimum absolute atomic E-state index is 0.0404. The number of aromatic nitrogens is 3. The Kier molecular flexibility index (Phi) is 3.03. The molecule has 1 fully saturated rings. The number of ether oxygens (including phenoxy) is 1. The van der Waals surface area contributed by atoms with E-state index in [4.69, 9.17) is 10.5 Å². The molecule has 0 bridgehead atoms. The second kappa shape index (κ2) is 4.22. The first-order valence-corrected chi connectivity index (χ1v) is 5.96. The summed E-state index contributed by atoms with van der Waals surface area (Å²) in [5, 5.41) is 0. The molecule has 0 saturated heterocycles. The van der Waals surface area contributed by atoms with Crippen LogP contribution in [0, 0.1) is 5.92 Å². The molecule has 1 atom stereocenters. The predicted molar refractivity (Wildman–Crippen MR) is 65.4 cm³/mol. The lowest BCUT2D eigenvalue weighted by Gasteiger charge is -2.19. The number of nitrogens with two attached hydrogens (primary N) is 1. The van der Waals surface area contributed by atoms with Gasteiger partial charge in [-0.2, -0.15) is 9.97 Å². The Morgan fingerprint density at radius 1 is 1.24 bits per heavy atom. The quantitative estimate of drug-likeness (QED) is 0.867. The molecule has 0 aliphatic heterocycles. The fraction of sp³-hybridized carbons (Fsp3) is 0.750. The van der Waals surface area contributed by atoms with Crippen molar-refractivity contribution in [3.05, 3.63) is 11.6 Å². The third-order valence-electron chi connectivity index (χ3n) is 2.90. The molecule has 1 aromatic rings. The highest BCUT2D eigenvalue weighted by molar-refractivity contribution is 5.20. The van der Waals surface area contributed by atoms with E-state index in [1.54, 1.807) is 7.11 Å². The Balaban J connectivity index is 2.36. The molecular formula is C12H20N4O. The van der Waals surface area contributed by atoms with Crippen molar-refractivity contribution in [2.24, 2.45) is 5.92 Å². The monoisotopic (exact) mass is 236 g/mol. The lowest BCUT2D eigenvalue weighted by molar-refractivity contribution is 0.0767. The van der Waals surface area contributed by atoms with Crippen molar-refractivity contribution in [2.75, 3.05) is 12.8 Å². The molecule has 0 amide bonds. The Labute approximate surface area is 102 Å². The second-order valence-corrected chi connectivity index (χ2v) is 5.62. The molecule has 1 heterocycles. The van der Waals surface area contributed by atoms with Crippen LogP contribution in [0.25, 0.3) is 0 Å². The number of nitrogen functional groups attached to an aromatic ring is 1. The van der Waals surface area contributed by atoms with Crippen LogP contribution in [0.4, 0.5) is 5.95 Å².